The average Bonchev–Trinajstić information content (AvgIpc) is 3.49. The molecule has 10 nitrogen and oxygen atoms in total. The maximum absolute atomic E-state index is 13.9. The lowest BCUT2D eigenvalue weighted by molar-refractivity contribution is -0.144. The van der Waals surface area contributed by atoms with Gasteiger partial charge < -0.3 is 15.0 Å². The van der Waals surface area contributed by atoms with E-state index in [1.54, 1.807) is 30.8 Å². The van der Waals surface area contributed by atoms with Crippen molar-refractivity contribution in [3.05, 3.63) is 71.3 Å². The Labute approximate surface area is 231 Å². The fourth-order valence-corrected chi connectivity index (χ4v) is 4.34. The highest BCUT2D eigenvalue weighted by Gasteiger charge is 2.36. The van der Waals surface area contributed by atoms with Gasteiger partial charge in [-0.2, -0.15) is 5.06 Å². The van der Waals surface area contributed by atoms with Crippen LogP contribution in [0.3, 0.4) is 0 Å². The summed E-state index contributed by atoms with van der Waals surface area (Å²) in [6.45, 7) is 4.85. The summed E-state index contributed by atoms with van der Waals surface area (Å²) in [6.07, 6.45) is 0.152. The Kier molecular flexibility index (Phi) is 9.33. The number of benzene rings is 2. The Morgan fingerprint density at radius 1 is 1.15 bits per heavy atom. The number of anilines is 1. The Morgan fingerprint density at radius 2 is 1.90 bits per heavy atom. The van der Waals surface area contributed by atoms with E-state index in [1.165, 1.54) is 11.0 Å². The molecule has 0 radical (unpaired) electrons. The number of nitrogens with one attached hydrogen (secondary N) is 2. The van der Waals surface area contributed by atoms with E-state index in [1.807, 2.05) is 37.3 Å². The van der Waals surface area contributed by atoms with Crippen LogP contribution in [0.4, 0.5) is 19.4 Å². The summed E-state index contributed by atoms with van der Waals surface area (Å²) in [5.74, 6) is -1.20. The van der Waals surface area contributed by atoms with Gasteiger partial charge in [-0.3, -0.25) is 14.9 Å². The summed E-state index contributed by atoms with van der Waals surface area (Å²) < 4.78 is 34.9. The van der Waals surface area contributed by atoms with Crippen LogP contribution in [-0.4, -0.2) is 71.5 Å². The molecule has 2 aromatic carbocycles. The van der Waals surface area contributed by atoms with Crippen molar-refractivity contribution in [3.63, 3.8) is 0 Å². The molecule has 3 amide bonds. The van der Waals surface area contributed by atoms with Gasteiger partial charge in [-0.15, -0.1) is 5.10 Å². The highest BCUT2D eigenvalue weighted by Crippen LogP contribution is 2.31. The number of halogens is 2. The first-order valence-electron chi connectivity index (χ1n) is 13.1. The first-order chi connectivity index (χ1) is 19.2. The summed E-state index contributed by atoms with van der Waals surface area (Å²) in [5, 5.41) is 12.0. The lowest BCUT2D eigenvalue weighted by Gasteiger charge is -2.19. The number of likely N-dealkylation sites (N-methyl/N-ethyl adjacent to an activating group) is 1. The van der Waals surface area contributed by atoms with Gasteiger partial charge in [0, 0.05) is 33.6 Å². The first-order valence-corrected chi connectivity index (χ1v) is 13.1. The third-order valence-electron chi connectivity index (χ3n) is 6.55. The summed E-state index contributed by atoms with van der Waals surface area (Å²) >= 11 is 0. The molecule has 0 bridgehead atoms. The van der Waals surface area contributed by atoms with Crippen LogP contribution in [0, 0.1) is 18.6 Å². The van der Waals surface area contributed by atoms with E-state index >= 15 is 0 Å². The van der Waals surface area contributed by atoms with Crippen molar-refractivity contribution in [2.45, 2.75) is 38.8 Å². The molecule has 0 unspecified atom stereocenters. The quantitative estimate of drug-likeness (QED) is 0.363. The largest absolute Gasteiger partial charge is 0.476 e. The Morgan fingerprint density at radius 3 is 2.58 bits per heavy atom. The van der Waals surface area contributed by atoms with Crippen molar-refractivity contribution in [1.29, 1.82) is 0 Å². The van der Waals surface area contributed by atoms with Crippen LogP contribution in [0.1, 0.15) is 37.0 Å². The second kappa shape index (κ2) is 12.9. The maximum Gasteiger partial charge on any atom is 0.320 e. The van der Waals surface area contributed by atoms with Crippen LogP contribution in [-0.2, 0) is 9.63 Å². The molecule has 0 aliphatic carbocycles. The van der Waals surface area contributed by atoms with Crippen LogP contribution < -0.4 is 15.4 Å². The molecule has 1 aliphatic heterocycles. The summed E-state index contributed by atoms with van der Waals surface area (Å²) in [7, 11) is 3.41. The molecule has 4 rings (SSSR count). The van der Waals surface area contributed by atoms with Gasteiger partial charge in [0.25, 0.3) is 0 Å². The van der Waals surface area contributed by atoms with E-state index in [0.29, 0.717) is 54.4 Å². The molecule has 0 spiro atoms. The fraction of sp³-hybridized carbons (Fsp3) is 0.393. The van der Waals surface area contributed by atoms with Gasteiger partial charge in [-0.05, 0) is 43.2 Å². The third kappa shape index (κ3) is 6.75. The van der Waals surface area contributed by atoms with Gasteiger partial charge >= 0.3 is 6.03 Å². The first kappa shape index (κ1) is 29.0. The van der Waals surface area contributed by atoms with Crippen molar-refractivity contribution in [2.24, 2.45) is 0 Å². The second-order valence-corrected chi connectivity index (χ2v) is 9.65. The predicted octanol–water partition coefficient (Wildman–Crippen LogP) is 4.20. The predicted molar refractivity (Wildman–Crippen MR) is 145 cm³/mol. The smallest absolute Gasteiger partial charge is 0.320 e. The summed E-state index contributed by atoms with van der Waals surface area (Å²) in [6, 6.07) is 11.8. The highest BCUT2D eigenvalue weighted by molar-refractivity contribution is 5.90. The second-order valence-electron chi connectivity index (χ2n) is 9.65. The van der Waals surface area contributed by atoms with E-state index in [9.17, 15) is 18.4 Å². The summed E-state index contributed by atoms with van der Waals surface area (Å²) in [4.78, 5) is 32.5. The molecule has 3 aromatic rings. The number of para-hydroxylation sites is 1. The summed E-state index contributed by atoms with van der Waals surface area (Å²) in [5.41, 5.74) is 1.72. The number of nitrogens with zero attached hydrogens (tertiary/aromatic N) is 4. The molecule has 40 heavy (non-hydrogen) atoms. The van der Waals surface area contributed by atoms with Gasteiger partial charge in [0.2, 0.25) is 11.8 Å². The van der Waals surface area contributed by atoms with Crippen LogP contribution >= 0.6 is 0 Å². The number of hydroxylamine groups is 2. The minimum Gasteiger partial charge on any atom is -0.476 e. The SMILES string of the molecule is CCN1C[C@@H](NC(=O)Nc2c(C)c(OCCCC(=O)N(C)C)nn2-c2ccccc2)[C@H](c2ccc(F)c(F)c2)O1. The van der Waals surface area contributed by atoms with E-state index in [2.05, 4.69) is 15.7 Å². The Bertz CT molecular complexity index is 1330. The maximum atomic E-state index is 13.9. The van der Waals surface area contributed by atoms with E-state index in [0.717, 1.165) is 12.1 Å². The highest BCUT2D eigenvalue weighted by atomic mass is 19.2. The Hall–Kier alpha value is -4.03. The van der Waals surface area contributed by atoms with Crippen molar-refractivity contribution in [3.8, 4) is 11.6 Å². The molecular weight excluding hydrogens is 522 g/mol. The molecule has 214 valence electrons. The lowest BCUT2D eigenvalue weighted by Crippen LogP contribution is -2.42. The van der Waals surface area contributed by atoms with Crippen molar-refractivity contribution >= 4 is 17.8 Å². The van der Waals surface area contributed by atoms with Gasteiger partial charge in [-0.1, -0.05) is 31.2 Å². The molecule has 2 atom stereocenters. The van der Waals surface area contributed by atoms with Gasteiger partial charge in [0.05, 0.1) is 23.9 Å². The third-order valence-corrected chi connectivity index (χ3v) is 6.55. The fourth-order valence-electron chi connectivity index (χ4n) is 4.34. The minimum absolute atomic E-state index is 0.00775. The number of hydrogen-bond acceptors (Lipinski definition) is 6. The van der Waals surface area contributed by atoms with E-state index in [4.69, 9.17) is 9.57 Å². The number of ether oxygens (including phenoxy) is 1. The van der Waals surface area contributed by atoms with Crippen molar-refractivity contribution in [1.82, 2.24) is 25.1 Å². The van der Waals surface area contributed by atoms with Crippen LogP contribution in [0.25, 0.3) is 5.69 Å². The van der Waals surface area contributed by atoms with Gasteiger partial charge in [-0.25, -0.2) is 18.3 Å². The van der Waals surface area contributed by atoms with E-state index in [-0.39, 0.29) is 12.5 Å². The zero-order valence-corrected chi connectivity index (χ0v) is 23.0. The van der Waals surface area contributed by atoms with Crippen LogP contribution in [0.2, 0.25) is 0 Å². The molecule has 1 aromatic heterocycles. The van der Waals surface area contributed by atoms with E-state index < -0.39 is 29.8 Å². The molecule has 1 fully saturated rings. The average molecular weight is 557 g/mol. The van der Waals surface area contributed by atoms with Crippen LogP contribution in [0.15, 0.2) is 48.5 Å². The van der Waals surface area contributed by atoms with Gasteiger partial charge in [0.15, 0.2) is 11.6 Å². The normalized spacial score (nSPS) is 17.1. The number of amides is 3. The number of rotatable bonds is 10. The number of aromatic nitrogens is 2. The zero-order valence-electron chi connectivity index (χ0n) is 23.0. The Balaban J connectivity index is 1.51. The van der Waals surface area contributed by atoms with Crippen LogP contribution in [0.5, 0.6) is 5.88 Å². The molecule has 2 N–H and O–H groups in total. The zero-order chi connectivity index (χ0) is 28.8. The topological polar surface area (TPSA) is 101 Å². The monoisotopic (exact) mass is 556 g/mol. The van der Waals surface area contributed by atoms with Crippen molar-refractivity contribution < 1.29 is 27.9 Å². The standard InChI is InChI=1S/C28H34F2N6O4/c1-5-35-17-23(25(40-35)19-13-14-21(29)22(30)16-19)31-28(38)32-26-18(2)27(39-15-9-12-24(37)34(3)4)33-36(26)20-10-7-6-8-11-20/h6-8,10-11,13-14,16,23,25H,5,9,12,15,17H2,1-4H3,(H2,31,32,38)/t23-,25+/m1/s1. The van der Waals surface area contributed by atoms with Crippen molar-refractivity contribution in [2.75, 3.05) is 39.1 Å². The lowest BCUT2D eigenvalue weighted by atomic mass is 10.0. The molecule has 2 heterocycles. The molecule has 1 saturated heterocycles. The number of hydrogen-bond donors (Lipinski definition) is 2. The van der Waals surface area contributed by atoms with Gasteiger partial charge in [0.1, 0.15) is 11.9 Å². The number of carbonyl (C=O) groups excluding carboxylic acids is 2. The minimum atomic E-state index is -0.986. The molecular formula is C28H34F2N6O4. The number of carbonyl (C=O) groups is 2. The number of urea groups is 1. The molecule has 0 saturated carbocycles. The molecule has 1 aliphatic rings. The molecule has 12 heteroatoms.